The number of carbonyl (C=O) groups excluding carboxylic acids is 2. The zero-order valence-electron chi connectivity index (χ0n) is 13.4. The molecular formula is C19H16N2O4. The molecule has 2 aromatic carbocycles. The van der Waals surface area contributed by atoms with Gasteiger partial charge in [0.05, 0.1) is 11.3 Å². The van der Waals surface area contributed by atoms with Gasteiger partial charge in [0, 0.05) is 12.4 Å². The summed E-state index contributed by atoms with van der Waals surface area (Å²) < 4.78 is 12.3. The van der Waals surface area contributed by atoms with Gasteiger partial charge in [0.1, 0.15) is 12.4 Å². The summed E-state index contributed by atoms with van der Waals surface area (Å²) in [5.41, 5.74) is 2.18. The van der Waals surface area contributed by atoms with E-state index in [2.05, 4.69) is 5.10 Å². The van der Waals surface area contributed by atoms with Crippen molar-refractivity contribution >= 4 is 12.3 Å². The maximum atomic E-state index is 11.8. The molecule has 1 heterocycles. The third-order valence-corrected chi connectivity index (χ3v) is 3.50. The van der Waals surface area contributed by atoms with Gasteiger partial charge in [-0.15, -0.1) is 0 Å². The molecule has 0 bridgehead atoms. The molecular weight excluding hydrogens is 320 g/mol. The smallest absolute Gasteiger partial charge is 0.344 e. The summed E-state index contributed by atoms with van der Waals surface area (Å²) in [6.45, 7) is -0.104. The molecule has 126 valence electrons. The van der Waals surface area contributed by atoms with Gasteiger partial charge in [-0.2, -0.15) is 5.10 Å². The second-order valence-electron chi connectivity index (χ2n) is 5.22. The first kappa shape index (κ1) is 16.4. The molecule has 3 aromatic rings. The van der Waals surface area contributed by atoms with Crippen LogP contribution in [0.3, 0.4) is 0 Å². The molecule has 0 N–H and O–H groups in total. The van der Waals surface area contributed by atoms with Crippen LogP contribution in [0.5, 0.6) is 5.75 Å². The number of hydrogen-bond donors (Lipinski definition) is 0. The van der Waals surface area contributed by atoms with Crippen molar-refractivity contribution in [1.29, 1.82) is 0 Å². The average Bonchev–Trinajstić information content (AvgIpc) is 3.20. The van der Waals surface area contributed by atoms with Gasteiger partial charge in [0.2, 0.25) is 0 Å². The second kappa shape index (κ2) is 7.92. The van der Waals surface area contributed by atoms with E-state index in [0.717, 1.165) is 11.3 Å². The zero-order valence-corrected chi connectivity index (χ0v) is 13.4. The summed E-state index contributed by atoms with van der Waals surface area (Å²) in [5, 5.41) is 4.15. The van der Waals surface area contributed by atoms with Crippen LogP contribution < -0.4 is 4.74 Å². The summed E-state index contributed by atoms with van der Waals surface area (Å²) in [7, 11) is 0. The van der Waals surface area contributed by atoms with Crippen molar-refractivity contribution in [1.82, 2.24) is 9.78 Å². The molecule has 6 heteroatoms. The molecule has 0 radical (unpaired) electrons. The Morgan fingerprint density at radius 3 is 2.60 bits per heavy atom. The monoisotopic (exact) mass is 336 g/mol. The fraction of sp³-hybridized carbons (Fsp3) is 0.105. The lowest BCUT2D eigenvalue weighted by atomic mass is 10.2. The van der Waals surface area contributed by atoms with E-state index in [4.69, 9.17) is 9.47 Å². The maximum absolute atomic E-state index is 11.8. The average molecular weight is 336 g/mol. The van der Waals surface area contributed by atoms with Gasteiger partial charge in [-0.3, -0.25) is 4.79 Å². The Bertz CT molecular complexity index is 842. The van der Waals surface area contributed by atoms with Crippen LogP contribution >= 0.6 is 0 Å². The molecule has 0 amide bonds. The van der Waals surface area contributed by atoms with Crippen molar-refractivity contribution in [3.05, 3.63) is 78.1 Å². The van der Waals surface area contributed by atoms with E-state index in [1.165, 1.54) is 0 Å². The summed E-state index contributed by atoms with van der Waals surface area (Å²) in [4.78, 5) is 22.7. The number of esters is 1. The molecule has 0 fully saturated rings. The number of nitrogens with zero attached hydrogens (tertiary/aromatic N) is 2. The molecule has 0 atom stereocenters. The first-order chi connectivity index (χ1) is 12.3. The van der Waals surface area contributed by atoms with Gasteiger partial charge in [0.15, 0.2) is 12.9 Å². The molecule has 0 aliphatic carbocycles. The number of para-hydroxylation sites is 1. The van der Waals surface area contributed by atoms with Gasteiger partial charge in [0.25, 0.3) is 0 Å². The minimum atomic E-state index is -0.503. The third kappa shape index (κ3) is 4.32. The van der Waals surface area contributed by atoms with Crippen LogP contribution in [-0.2, 0) is 16.1 Å². The molecule has 6 nitrogen and oxygen atoms in total. The summed E-state index contributed by atoms with van der Waals surface area (Å²) in [6, 6.07) is 16.1. The molecule has 0 aliphatic rings. The third-order valence-electron chi connectivity index (χ3n) is 3.50. The van der Waals surface area contributed by atoms with Crippen molar-refractivity contribution in [2.24, 2.45) is 0 Å². The van der Waals surface area contributed by atoms with Gasteiger partial charge >= 0.3 is 5.97 Å². The van der Waals surface area contributed by atoms with E-state index >= 15 is 0 Å². The normalized spacial score (nSPS) is 10.2. The van der Waals surface area contributed by atoms with Gasteiger partial charge in [-0.25, -0.2) is 9.48 Å². The van der Waals surface area contributed by atoms with Crippen LogP contribution in [0.4, 0.5) is 0 Å². The molecule has 0 aliphatic heterocycles. The van der Waals surface area contributed by atoms with Crippen LogP contribution in [0.25, 0.3) is 5.69 Å². The topological polar surface area (TPSA) is 70.4 Å². The Labute approximate surface area is 144 Å². The lowest BCUT2D eigenvalue weighted by Crippen LogP contribution is -2.15. The maximum Gasteiger partial charge on any atom is 0.344 e. The SMILES string of the molecule is O=Cc1ccccc1OCC(=O)OCc1ccc(-n2cccn2)cc1. The zero-order chi connectivity index (χ0) is 17.5. The largest absolute Gasteiger partial charge is 0.481 e. The van der Waals surface area contributed by atoms with Crippen molar-refractivity contribution in [2.75, 3.05) is 6.61 Å². The number of aldehydes is 1. The fourth-order valence-corrected chi connectivity index (χ4v) is 2.22. The Balaban J connectivity index is 1.50. The highest BCUT2D eigenvalue weighted by atomic mass is 16.6. The van der Waals surface area contributed by atoms with E-state index < -0.39 is 5.97 Å². The van der Waals surface area contributed by atoms with Crippen molar-refractivity contribution < 1.29 is 19.1 Å². The highest BCUT2D eigenvalue weighted by Crippen LogP contribution is 2.15. The standard InChI is InChI=1S/C19H16N2O4/c22-12-16-4-1-2-5-18(16)24-14-19(23)25-13-15-6-8-17(9-7-15)21-11-3-10-20-21/h1-12H,13-14H2. The number of carbonyl (C=O) groups is 2. The first-order valence-corrected chi connectivity index (χ1v) is 7.68. The highest BCUT2D eigenvalue weighted by molar-refractivity contribution is 5.79. The van der Waals surface area contributed by atoms with Crippen LogP contribution in [0.15, 0.2) is 67.0 Å². The molecule has 0 unspecified atom stereocenters. The first-order valence-electron chi connectivity index (χ1n) is 7.68. The van der Waals surface area contributed by atoms with Gasteiger partial charge in [-0.1, -0.05) is 24.3 Å². The van der Waals surface area contributed by atoms with Gasteiger partial charge < -0.3 is 9.47 Å². The Hall–Kier alpha value is -3.41. The predicted molar refractivity (Wildman–Crippen MR) is 90.7 cm³/mol. The lowest BCUT2D eigenvalue weighted by Gasteiger charge is -2.09. The Morgan fingerprint density at radius 1 is 1.08 bits per heavy atom. The van der Waals surface area contributed by atoms with Crippen molar-refractivity contribution in [2.45, 2.75) is 6.61 Å². The summed E-state index contributed by atoms with van der Waals surface area (Å²) in [5.74, 6) is -0.144. The molecule has 0 spiro atoms. The van der Waals surface area contributed by atoms with E-state index in [-0.39, 0.29) is 13.2 Å². The van der Waals surface area contributed by atoms with Crippen LogP contribution in [-0.4, -0.2) is 28.6 Å². The van der Waals surface area contributed by atoms with E-state index in [1.807, 2.05) is 36.5 Å². The fourth-order valence-electron chi connectivity index (χ4n) is 2.22. The second-order valence-corrected chi connectivity index (χ2v) is 5.22. The number of rotatable bonds is 7. The molecule has 25 heavy (non-hydrogen) atoms. The molecule has 0 saturated carbocycles. The minimum Gasteiger partial charge on any atom is -0.481 e. The quantitative estimate of drug-likeness (QED) is 0.490. The number of aromatic nitrogens is 2. The highest BCUT2D eigenvalue weighted by Gasteiger charge is 2.08. The van der Waals surface area contributed by atoms with Crippen LogP contribution in [0.1, 0.15) is 15.9 Å². The number of benzene rings is 2. The van der Waals surface area contributed by atoms with Crippen LogP contribution in [0, 0.1) is 0 Å². The number of hydrogen-bond acceptors (Lipinski definition) is 5. The molecule has 0 saturated heterocycles. The van der Waals surface area contributed by atoms with Crippen molar-refractivity contribution in [3.8, 4) is 11.4 Å². The lowest BCUT2D eigenvalue weighted by molar-refractivity contribution is -0.147. The molecule has 1 aromatic heterocycles. The predicted octanol–water partition coefficient (Wildman–Crippen LogP) is 2.81. The van der Waals surface area contributed by atoms with E-state index in [0.29, 0.717) is 17.6 Å². The van der Waals surface area contributed by atoms with Crippen molar-refractivity contribution in [3.63, 3.8) is 0 Å². The van der Waals surface area contributed by atoms with E-state index in [1.54, 1.807) is 35.1 Å². The summed E-state index contributed by atoms with van der Waals surface area (Å²) in [6.07, 6.45) is 4.24. The number of ether oxygens (including phenoxy) is 2. The van der Waals surface area contributed by atoms with Crippen LogP contribution in [0.2, 0.25) is 0 Å². The van der Waals surface area contributed by atoms with Gasteiger partial charge in [-0.05, 0) is 35.9 Å². The summed E-state index contributed by atoms with van der Waals surface area (Å²) >= 11 is 0. The van der Waals surface area contributed by atoms with E-state index in [9.17, 15) is 9.59 Å². The minimum absolute atomic E-state index is 0.150. The Kier molecular flexibility index (Phi) is 5.21. The molecule has 3 rings (SSSR count). The Morgan fingerprint density at radius 2 is 1.88 bits per heavy atom.